The van der Waals surface area contributed by atoms with Crippen LogP contribution in [0.25, 0.3) is 10.6 Å². The first-order valence-electron chi connectivity index (χ1n) is 8.94. The molecular weight excluding hydrogens is 410 g/mol. The molecule has 0 radical (unpaired) electrons. The molecule has 3 rings (SSSR count). The van der Waals surface area contributed by atoms with E-state index in [1.54, 1.807) is 33.3 Å². The van der Waals surface area contributed by atoms with Gasteiger partial charge >= 0.3 is 0 Å². The molecular formula is C20H23N3O4S2. The van der Waals surface area contributed by atoms with Gasteiger partial charge in [0.2, 0.25) is 5.13 Å². The number of nitrogens with zero attached hydrogens (tertiary/aromatic N) is 2. The highest BCUT2D eigenvalue weighted by molar-refractivity contribution is 7.93. The summed E-state index contributed by atoms with van der Waals surface area (Å²) in [6.07, 6.45) is 0. The fourth-order valence-corrected chi connectivity index (χ4v) is 5.12. The molecule has 0 aliphatic carbocycles. The number of benzene rings is 2. The van der Waals surface area contributed by atoms with E-state index in [1.807, 2.05) is 38.1 Å². The third-order valence-corrected chi connectivity index (χ3v) is 6.92. The topological polar surface area (TPSA) is 90.4 Å². The Morgan fingerprint density at radius 3 is 2.31 bits per heavy atom. The van der Waals surface area contributed by atoms with Gasteiger partial charge in [0.15, 0.2) is 0 Å². The highest BCUT2D eigenvalue weighted by atomic mass is 32.2. The van der Waals surface area contributed by atoms with Crippen LogP contribution in [0.2, 0.25) is 0 Å². The van der Waals surface area contributed by atoms with Crippen LogP contribution in [0.1, 0.15) is 30.9 Å². The van der Waals surface area contributed by atoms with Crippen LogP contribution >= 0.6 is 11.3 Å². The van der Waals surface area contributed by atoms with Crippen molar-refractivity contribution in [2.45, 2.75) is 31.6 Å². The zero-order valence-corrected chi connectivity index (χ0v) is 18.5. The van der Waals surface area contributed by atoms with Gasteiger partial charge in [-0.25, -0.2) is 8.42 Å². The molecule has 0 unspecified atom stereocenters. The largest absolute Gasteiger partial charge is 0.497 e. The smallest absolute Gasteiger partial charge is 0.263 e. The highest BCUT2D eigenvalue weighted by Gasteiger charge is 2.22. The lowest BCUT2D eigenvalue weighted by Crippen LogP contribution is -2.15. The minimum absolute atomic E-state index is 0.114. The summed E-state index contributed by atoms with van der Waals surface area (Å²) in [6.45, 7) is 5.72. The van der Waals surface area contributed by atoms with E-state index in [4.69, 9.17) is 9.47 Å². The predicted octanol–water partition coefficient (Wildman–Crippen LogP) is 4.45. The van der Waals surface area contributed by atoms with Crippen LogP contribution < -0.4 is 14.2 Å². The van der Waals surface area contributed by atoms with Crippen molar-refractivity contribution in [2.75, 3.05) is 18.9 Å². The van der Waals surface area contributed by atoms with Crippen molar-refractivity contribution < 1.29 is 17.9 Å². The number of rotatable bonds is 7. The van der Waals surface area contributed by atoms with Crippen LogP contribution in [-0.2, 0) is 10.0 Å². The van der Waals surface area contributed by atoms with Crippen LogP contribution in [0.5, 0.6) is 11.5 Å². The molecule has 0 amide bonds. The van der Waals surface area contributed by atoms with Crippen molar-refractivity contribution in [3.8, 4) is 22.1 Å². The normalized spacial score (nSPS) is 11.5. The monoisotopic (exact) mass is 433 g/mol. The van der Waals surface area contributed by atoms with Crippen LogP contribution in [-0.4, -0.2) is 32.8 Å². The predicted molar refractivity (Wildman–Crippen MR) is 115 cm³/mol. The SMILES string of the molecule is COc1ccc(-c2nnc(NS(=O)(=O)c3cc(C(C)C)c(OC)cc3C)s2)cc1. The molecule has 29 heavy (non-hydrogen) atoms. The number of anilines is 1. The summed E-state index contributed by atoms with van der Waals surface area (Å²) in [6, 6.07) is 10.7. The Morgan fingerprint density at radius 2 is 1.72 bits per heavy atom. The van der Waals surface area contributed by atoms with Gasteiger partial charge in [-0.15, -0.1) is 10.2 Å². The van der Waals surface area contributed by atoms with Crippen LogP contribution in [0.4, 0.5) is 5.13 Å². The van der Waals surface area contributed by atoms with E-state index < -0.39 is 10.0 Å². The molecule has 7 nitrogen and oxygen atoms in total. The molecule has 0 saturated carbocycles. The lowest BCUT2D eigenvalue weighted by atomic mass is 10.0. The molecule has 1 heterocycles. The van der Waals surface area contributed by atoms with Gasteiger partial charge in [-0.05, 0) is 60.4 Å². The Morgan fingerprint density at radius 1 is 1.03 bits per heavy atom. The number of hydrogen-bond acceptors (Lipinski definition) is 7. The number of sulfonamides is 1. The number of aromatic nitrogens is 2. The quantitative estimate of drug-likeness (QED) is 0.592. The fourth-order valence-electron chi connectivity index (χ4n) is 2.88. The molecule has 0 spiro atoms. The minimum atomic E-state index is -3.82. The van der Waals surface area contributed by atoms with Gasteiger partial charge in [-0.1, -0.05) is 25.2 Å². The Bertz CT molecular complexity index is 1110. The Balaban J connectivity index is 1.90. The van der Waals surface area contributed by atoms with Crippen molar-refractivity contribution in [1.82, 2.24) is 10.2 Å². The maximum atomic E-state index is 13.0. The van der Waals surface area contributed by atoms with Gasteiger partial charge in [0, 0.05) is 5.56 Å². The number of aryl methyl sites for hydroxylation is 1. The molecule has 1 aromatic heterocycles. The standard InChI is InChI=1S/C20H23N3O4S2/c1-12(2)16-11-18(13(3)10-17(16)27-5)29(24,25)23-20-22-21-19(28-20)14-6-8-15(26-4)9-7-14/h6-12H,1-5H3,(H,22,23). The number of hydrogen-bond donors (Lipinski definition) is 1. The van der Waals surface area contributed by atoms with Crippen molar-refractivity contribution >= 4 is 26.5 Å². The van der Waals surface area contributed by atoms with Crippen LogP contribution in [0.3, 0.4) is 0 Å². The van der Waals surface area contributed by atoms with E-state index in [0.29, 0.717) is 16.3 Å². The van der Waals surface area contributed by atoms with Crippen LogP contribution in [0, 0.1) is 6.92 Å². The third-order valence-electron chi connectivity index (χ3n) is 4.42. The molecule has 0 aliphatic rings. The lowest BCUT2D eigenvalue weighted by Gasteiger charge is -2.16. The van der Waals surface area contributed by atoms with Crippen molar-refractivity contribution in [1.29, 1.82) is 0 Å². The first-order valence-corrected chi connectivity index (χ1v) is 11.2. The second-order valence-electron chi connectivity index (χ2n) is 6.76. The van der Waals surface area contributed by atoms with E-state index >= 15 is 0 Å². The van der Waals surface area contributed by atoms with Gasteiger partial charge in [0.25, 0.3) is 10.0 Å². The summed E-state index contributed by atoms with van der Waals surface area (Å²) >= 11 is 1.17. The van der Waals surface area contributed by atoms with Gasteiger partial charge in [-0.3, -0.25) is 4.72 Å². The molecule has 3 aromatic rings. The van der Waals surface area contributed by atoms with E-state index in [1.165, 1.54) is 11.3 Å². The summed E-state index contributed by atoms with van der Waals surface area (Å²) in [5.41, 5.74) is 2.25. The minimum Gasteiger partial charge on any atom is -0.497 e. The molecule has 154 valence electrons. The van der Waals surface area contributed by atoms with Gasteiger partial charge in [-0.2, -0.15) is 0 Å². The zero-order valence-electron chi connectivity index (χ0n) is 16.9. The van der Waals surface area contributed by atoms with E-state index in [9.17, 15) is 8.42 Å². The fraction of sp³-hybridized carbons (Fsp3) is 0.300. The number of nitrogens with one attached hydrogen (secondary N) is 1. The Hall–Kier alpha value is -2.65. The van der Waals surface area contributed by atoms with Gasteiger partial charge in [0.1, 0.15) is 16.5 Å². The molecule has 2 aromatic carbocycles. The second kappa shape index (κ2) is 8.38. The number of ether oxygens (including phenoxy) is 2. The van der Waals surface area contributed by atoms with Gasteiger partial charge in [0.05, 0.1) is 19.1 Å². The third kappa shape index (κ3) is 4.51. The first kappa shape index (κ1) is 21.1. The summed E-state index contributed by atoms with van der Waals surface area (Å²) < 4.78 is 39.1. The molecule has 0 fully saturated rings. The van der Waals surface area contributed by atoms with Crippen molar-refractivity contribution in [3.63, 3.8) is 0 Å². The van der Waals surface area contributed by atoms with E-state index in [0.717, 1.165) is 16.9 Å². The van der Waals surface area contributed by atoms with E-state index in [2.05, 4.69) is 14.9 Å². The molecule has 0 aliphatic heterocycles. The second-order valence-corrected chi connectivity index (χ2v) is 9.39. The van der Waals surface area contributed by atoms with Crippen LogP contribution in [0.15, 0.2) is 41.3 Å². The molecule has 0 saturated heterocycles. The molecule has 9 heteroatoms. The summed E-state index contributed by atoms with van der Waals surface area (Å²) in [5, 5.41) is 8.90. The van der Waals surface area contributed by atoms with Gasteiger partial charge < -0.3 is 9.47 Å². The van der Waals surface area contributed by atoms with E-state index in [-0.39, 0.29) is 15.9 Å². The summed E-state index contributed by atoms with van der Waals surface area (Å²) in [7, 11) is -0.648. The Labute approximate surface area is 174 Å². The molecule has 0 atom stereocenters. The first-order chi connectivity index (χ1) is 13.7. The molecule has 0 bridgehead atoms. The summed E-state index contributed by atoms with van der Waals surface area (Å²) in [4.78, 5) is 0.197. The molecule has 1 N–H and O–H groups in total. The lowest BCUT2D eigenvalue weighted by molar-refractivity contribution is 0.406. The zero-order chi connectivity index (χ0) is 21.2. The maximum Gasteiger partial charge on any atom is 0.263 e. The number of methoxy groups -OCH3 is 2. The summed E-state index contributed by atoms with van der Waals surface area (Å²) in [5.74, 6) is 1.52. The average Bonchev–Trinajstić information content (AvgIpc) is 3.14. The Kier molecular flexibility index (Phi) is 6.09. The van der Waals surface area contributed by atoms with Crippen molar-refractivity contribution in [2.24, 2.45) is 0 Å². The average molecular weight is 434 g/mol. The maximum absolute atomic E-state index is 13.0. The highest BCUT2D eigenvalue weighted by Crippen LogP contribution is 2.33. The van der Waals surface area contributed by atoms with Crippen molar-refractivity contribution in [3.05, 3.63) is 47.5 Å².